The van der Waals surface area contributed by atoms with Crippen LogP contribution in [0.2, 0.25) is 0 Å². The normalized spacial score (nSPS) is 15.4. The molecular weight excluding hydrogens is 424 g/mol. The monoisotopic (exact) mass is 448 g/mol. The summed E-state index contributed by atoms with van der Waals surface area (Å²) in [6.45, 7) is 5.19. The first-order chi connectivity index (χ1) is 15.7. The minimum atomic E-state index is -0.124. The number of anilines is 1. The molecule has 7 nitrogen and oxygen atoms in total. The minimum Gasteiger partial charge on any atom is -0.490 e. The first-order valence-corrected chi connectivity index (χ1v) is 11.6. The van der Waals surface area contributed by atoms with Gasteiger partial charge in [0.1, 0.15) is 5.82 Å². The lowest BCUT2D eigenvalue weighted by atomic mass is 9.87. The van der Waals surface area contributed by atoms with Crippen molar-refractivity contribution >= 4 is 33.3 Å². The smallest absolute Gasteiger partial charge is 0.226 e. The van der Waals surface area contributed by atoms with Crippen LogP contribution in [0, 0.1) is 0 Å². The number of nitrogens with zero attached hydrogens (tertiary/aromatic N) is 3. The zero-order valence-corrected chi connectivity index (χ0v) is 18.8. The summed E-state index contributed by atoms with van der Waals surface area (Å²) in [6.07, 6.45) is 3.09. The molecule has 3 heterocycles. The fourth-order valence-electron chi connectivity index (χ4n) is 3.95. The molecule has 0 aliphatic carbocycles. The van der Waals surface area contributed by atoms with Gasteiger partial charge in [0.25, 0.3) is 0 Å². The molecule has 0 fully saturated rings. The van der Waals surface area contributed by atoms with Crippen molar-refractivity contribution in [2.45, 2.75) is 32.6 Å². The highest BCUT2D eigenvalue weighted by molar-refractivity contribution is 7.20. The summed E-state index contributed by atoms with van der Waals surface area (Å²) < 4.78 is 14.5. The third kappa shape index (κ3) is 3.71. The van der Waals surface area contributed by atoms with Gasteiger partial charge in [-0.2, -0.15) is 9.78 Å². The summed E-state index contributed by atoms with van der Waals surface area (Å²) in [5.74, 6) is 1.93. The van der Waals surface area contributed by atoms with Crippen LogP contribution < -0.4 is 14.8 Å². The van der Waals surface area contributed by atoms with Crippen LogP contribution >= 0.6 is 11.3 Å². The standard InChI is InChI=1S/C24H24N4O3S/c1-3-11-31-19-10-9-15(12-20(19)30-4-2)16-13-22(29)27-23-17(16)14-25-28(23)24-26-18-7-5-6-8-21(18)32-24/h5-10,12,14,16H,3-4,11,13H2,1-2H3,(H,27,29)/t16-/m1/s1. The summed E-state index contributed by atoms with van der Waals surface area (Å²) in [6, 6.07) is 13.9. The van der Waals surface area contributed by atoms with Crippen molar-refractivity contribution < 1.29 is 14.3 Å². The number of carbonyl (C=O) groups is 1. The van der Waals surface area contributed by atoms with E-state index >= 15 is 0 Å². The average Bonchev–Trinajstić information content (AvgIpc) is 3.41. The lowest BCUT2D eigenvalue weighted by Crippen LogP contribution is -2.24. The molecule has 0 bridgehead atoms. The summed E-state index contributed by atoms with van der Waals surface area (Å²) in [4.78, 5) is 17.4. The number of para-hydroxylation sites is 1. The van der Waals surface area contributed by atoms with E-state index in [0.717, 1.165) is 38.6 Å². The molecule has 4 aromatic rings. The Kier molecular flexibility index (Phi) is 5.53. The van der Waals surface area contributed by atoms with Crippen LogP contribution in [-0.4, -0.2) is 33.9 Å². The molecule has 164 valence electrons. The van der Waals surface area contributed by atoms with Gasteiger partial charge in [-0.05, 0) is 43.2 Å². The predicted octanol–water partition coefficient (Wildman–Crippen LogP) is 5.14. The number of hydrogen-bond donors (Lipinski definition) is 1. The zero-order valence-electron chi connectivity index (χ0n) is 18.0. The first kappa shape index (κ1) is 20.5. The fourth-order valence-corrected chi connectivity index (χ4v) is 4.88. The van der Waals surface area contributed by atoms with Crippen molar-refractivity contribution in [1.29, 1.82) is 0 Å². The Bertz CT molecular complexity index is 1250. The number of thiazole rings is 1. The lowest BCUT2D eigenvalue weighted by molar-refractivity contribution is -0.116. The van der Waals surface area contributed by atoms with Gasteiger partial charge in [-0.15, -0.1) is 0 Å². The number of ether oxygens (including phenoxy) is 2. The number of aromatic nitrogens is 3. The molecule has 1 atom stereocenters. The number of carbonyl (C=O) groups excluding carboxylic acids is 1. The molecule has 32 heavy (non-hydrogen) atoms. The third-order valence-electron chi connectivity index (χ3n) is 5.42. The summed E-state index contributed by atoms with van der Waals surface area (Å²) in [7, 11) is 0. The van der Waals surface area contributed by atoms with E-state index in [2.05, 4.69) is 17.3 Å². The maximum Gasteiger partial charge on any atom is 0.226 e. The Balaban J connectivity index is 1.54. The van der Waals surface area contributed by atoms with E-state index in [1.54, 1.807) is 16.0 Å². The Hall–Kier alpha value is -3.39. The number of rotatable bonds is 7. The van der Waals surface area contributed by atoms with Crippen LogP contribution in [0.15, 0.2) is 48.7 Å². The highest BCUT2D eigenvalue weighted by Crippen LogP contribution is 2.41. The molecule has 0 spiro atoms. The van der Waals surface area contributed by atoms with Gasteiger partial charge in [0.2, 0.25) is 11.0 Å². The van der Waals surface area contributed by atoms with Gasteiger partial charge in [0, 0.05) is 17.9 Å². The third-order valence-corrected chi connectivity index (χ3v) is 6.43. The Morgan fingerprint density at radius 3 is 2.84 bits per heavy atom. The second-order valence-electron chi connectivity index (χ2n) is 7.62. The highest BCUT2D eigenvalue weighted by atomic mass is 32.1. The van der Waals surface area contributed by atoms with Crippen molar-refractivity contribution in [2.75, 3.05) is 18.5 Å². The second kappa shape index (κ2) is 8.63. The molecule has 8 heteroatoms. The lowest BCUT2D eigenvalue weighted by Gasteiger charge is -2.24. The molecule has 2 aromatic heterocycles. The predicted molar refractivity (Wildman–Crippen MR) is 125 cm³/mol. The van der Waals surface area contributed by atoms with E-state index in [0.29, 0.717) is 31.2 Å². The fraction of sp³-hybridized carbons (Fsp3) is 0.292. The first-order valence-electron chi connectivity index (χ1n) is 10.8. The second-order valence-corrected chi connectivity index (χ2v) is 8.63. The SMILES string of the molecule is CCCOc1ccc([C@H]2CC(=O)Nc3c2cnn3-c2nc3ccccc3s2)cc1OCC. The van der Waals surface area contributed by atoms with Crippen molar-refractivity contribution in [2.24, 2.45) is 0 Å². The molecule has 1 amide bonds. The summed E-state index contributed by atoms with van der Waals surface area (Å²) in [5.41, 5.74) is 2.88. The molecule has 0 radical (unpaired) electrons. The molecule has 1 aliphatic heterocycles. The van der Waals surface area contributed by atoms with Gasteiger partial charge in [0.15, 0.2) is 11.5 Å². The van der Waals surface area contributed by atoms with Gasteiger partial charge in [-0.3, -0.25) is 4.79 Å². The summed E-state index contributed by atoms with van der Waals surface area (Å²) in [5, 5.41) is 8.32. The van der Waals surface area contributed by atoms with E-state index in [4.69, 9.17) is 14.5 Å². The molecule has 2 aromatic carbocycles. The van der Waals surface area contributed by atoms with Gasteiger partial charge in [-0.1, -0.05) is 36.5 Å². The topological polar surface area (TPSA) is 78.3 Å². The van der Waals surface area contributed by atoms with Crippen molar-refractivity contribution in [3.8, 4) is 16.6 Å². The van der Waals surface area contributed by atoms with E-state index < -0.39 is 0 Å². The number of hydrogen-bond acceptors (Lipinski definition) is 6. The minimum absolute atomic E-state index is 0.0466. The Labute approximate surface area is 190 Å². The number of fused-ring (bicyclic) bond motifs is 2. The van der Waals surface area contributed by atoms with Crippen LogP contribution in [0.3, 0.4) is 0 Å². The molecule has 1 aliphatic rings. The van der Waals surface area contributed by atoms with Gasteiger partial charge < -0.3 is 14.8 Å². The van der Waals surface area contributed by atoms with E-state index in [1.807, 2.05) is 55.6 Å². The molecular formula is C24H24N4O3S. The summed E-state index contributed by atoms with van der Waals surface area (Å²) >= 11 is 1.55. The molecule has 0 saturated carbocycles. The maximum atomic E-state index is 12.7. The highest BCUT2D eigenvalue weighted by Gasteiger charge is 2.31. The largest absolute Gasteiger partial charge is 0.490 e. The Morgan fingerprint density at radius 2 is 2.03 bits per heavy atom. The van der Waals surface area contributed by atoms with Crippen LogP contribution in [0.25, 0.3) is 15.3 Å². The number of nitrogens with one attached hydrogen (secondary N) is 1. The van der Waals surface area contributed by atoms with E-state index in [1.165, 1.54) is 0 Å². The van der Waals surface area contributed by atoms with Crippen molar-refractivity contribution in [1.82, 2.24) is 14.8 Å². The maximum absolute atomic E-state index is 12.7. The van der Waals surface area contributed by atoms with Crippen molar-refractivity contribution in [3.63, 3.8) is 0 Å². The number of benzene rings is 2. The van der Waals surface area contributed by atoms with E-state index in [9.17, 15) is 4.79 Å². The average molecular weight is 449 g/mol. The van der Waals surface area contributed by atoms with Gasteiger partial charge >= 0.3 is 0 Å². The van der Waals surface area contributed by atoms with Crippen LogP contribution in [0.4, 0.5) is 5.82 Å². The van der Waals surface area contributed by atoms with Crippen LogP contribution in [0.5, 0.6) is 11.5 Å². The molecule has 0 saturated heterocycles. The van der Waals surface area contributed by atoms with Gasteiger partial charge in [0.05, 0.1) is 29.6 Å². The zero-order chi connectivity index (χ0) is 22.1. The molecule has 1 N–H and O–H groups in total. The van der Waals surface area contributed by atoms with Crippen molar-refractivity contribution in [3.05, 3.63) is 59.8 Å². The van der Waals surface area contributed by atoms with E-state index in [-0.39, 0.29) is 11.8 Å². The quantitative estimate of drug-likeness (QED) is 0.423. The van der Waals surface area contributed by atoms with Gasteiger partial charge in [-0.25, -0.2) is 4.98 Å². The molecule has 0 unspecified atom stereocenters. The van der Waals surface area contributed by atoms with Crippen LogP contribution in [0.1, 0.15) is 43.7 Å². The molecule has 5 rings (SSSR count). The van der Waals surface area contributed by atoms with Crippen LogP contribution in [-0.2, 0) is 4.79 Å². The number of amides is 1. The Morgan fingerprint density at radius 1 is 1.16 bits per heavy atom.